The summed E-state index contributed by atoms with van der Waals surface area (Å²) in [5.74, 6) is 0.518. The van der Waals surface area contributed by atoms with Crippen molar-refractivity contribution in [1.29, 1.82) is 5.41 Å². The minimum Gasteiger partial charge on any atom is -0.376 e. The molecule has 0 spiro atoms. The second kappa shape index (κ2) is 7.44. The van der Waals surface area contributed by atoms with Crippen LogP contribution >= 0.6 is 0 Å². The molecule has 0 unspecified atom stereocenters. The van der Waals surface area contributed by atoms with Crippen LogP contribution in [0.3, 0.4) is 0 Å². The quantitative estimate of drug-likeness (QED) is 0.525. The highest BCUT2D eigenvalue weighted by molar-refractivity contribution is 6.06. The molecule has 8 heteroatoms. The molecule has 1 aliphatic rings. The van der Waals surface area contributed by atoms with Gasteiger partial charge >= 0.3 is 12.4 Å². The number of alkyl halides is 6. The molecule has 2 atom stereocenters. The molecular weight excluding hydrogens is 334 g/mol. The van der Waals surface area contributed by atoms with Gasteiger partial charge in [-0.15, -0.1) is 0 Å². The first-order valence-electron chi connectivity index (χ1n) is 7.59. The van der Waals surface area contributed by atoms with Crippen LogP contribution in [-0.4, -0.2) is 24.6 Å². The van der Waals surface area contributed by atoms with E-state index in [1.54, 1.807) is 0 Å². The summed E-state index contributed by atoms with van der Waals surface area (Å²) in [5, 5.41) is 9.12. The molecule has 0 bridgehead atoms. The highest BCUT2D eigenvalue weighted by atomic mass is 19.4. The zero-order chi connectivity index (χ0) is 18.7. The predicted molar refractivity (Wildman–Crippen MR) is 81.7 cm³/mol. The van der Waals surface area contributed by atoms with Crippen molar-refractivity contribution in [3.63, 3.8) is 0 Å². The fourth-order valence-electron chi connectivity index (χ4n) is 2.29. The van der Waals surface area contributed by atoms with Gasteiger partial charge in [0.1, 0.15) is 12.3 Å². The Kier molecular flexibility index (Phi) is 6.30. The molecule has 136 valence electrons. The van der Waals surface area contributed by atoms with Gasteiger partial charge in [-0.05, 0) is 29.9 Å². The van der Waals surface area contributed by atoms with Crippen LogP contribution in [0.1, 0.15) is 44.2 Å². The first-order valence-corrected chi connectivity index (χ1v) is 7.59. The number of anilines is 1. The van der Waals surface area contributed by atoms with Crippen molar-refractivity contribution in [3.05, 3.63) is 29.3 Å². The summed E-state index contributed by atoms with van der Waals surface area (Å²) in [5.41, 5.74) is -1.85. The number of hydrogen-bond acceptors (Lipinski definition) is 2. The molecule has 0 amide bonds. The summed E-state index contributed by atoms with van der Waals surface area (Å²) >= 11 is 0. The molecule has 0 aliphatic heterocycles. The van der Waals surface area contributed by atoms with Gasteiger partial charge < -0.3 is 5.32 Å². The Labute approximate surface area is 136 Å². The van der Waals surface area contributed by atoms with E-state index in [4.69, 9.17) is 5.41 Å². The zero-order valence-electron chi connectivity index (χ0n) is 13.6. The van der Waals surface area contributed by atoms with Crippen molar-refractivity contribution in [2.45, 2.75) is 45.5 Å². The Bertz CT molecular complexity index is 577. The number of benzene rings is 1. The maximum Gasteiger partial charge on any atom is 0.433 e. The van der Waals surface area contributed by atoms with Crippen LogP contribution in [0.25, 0.3) is 0 Å². The fraction of sp³-hybridized carbons (Fsp3) is 0.562. The molecule has 2 rings (SSSR count). The average Bonchev–Trinajstić information content (AvgIpc) is 3.21. The van der Waals surface area contributed by atoms with Crippen LogP contribution in [0.15, 0.2) is 18.2 Å². The van der Waals surface area contributed by atoms with Gasteiger partial charge in [-0.1, -0.05) is 32.9 Å². The first-order chi connectivity index (χ1) is 11.0. The highest BCUT2D eigenvalue weighted by Crippen LogP contribution is 2.47. The first kappa shape index (κ1) is 20.3. The van der Waals surface area contributed by atoms with Crippen molar-refractivity contribution in [3.8, 4) is 0 Å². The lowest BCUT2D eigenvalue weighted by Crippen LogP contribution is -2.26. The van der Waals surface area contributed by atoms with Crippen LogP contribution in [0.5, 0.6) is 0 Å². The van der Waals surface area contributed by atoms with Gasteiger partial charge in [0.2, 0.25) is 0 Å². The van der Waals surface area contributed by atoms with Gasteiger partial charge in [0.15, 0.2) is 0 Å². The molecular formula is C16H20F6N2. The molecule has 1 fully saturated rings. The molecule has 0 heterocycles. The summed E-state index contributed by atoms with van der Waals surface area (Å²) in [7, 11) is 0. The van der Waals surface area contributed by atoms with E-state index in [1.165, 1.54) is 12.1 Å². The van der Waals surface area contributed by atoms with Crippen LogP contribution in [0, 0.1) is 11.3 Å². The summed E-state index contributed by atoms with van der Waals surface area (Å²) in [6, 6.07) is 3.80. The van der Waals surface area contributed by atoms with Gasteiger partial charge in [-0.3, -0.25) is 5.41 Å². The van der Waals surface area contributed by atoms with Crippen LogP contribution in [0.4, 0.5) is 32.0 Å². The van der Waals surface area contributed by atoms with E-state index in [0.29, 0.717) is 11.5 Å². The number of nitrogens with one attached hydrogen (secondary N) is 2. The number of rotatable bonds is 4. The Balaban J connectivity index is 0.00000139. The average molecular weight is 354 g/mol. The van der Waals surface area contributed by atoms with E-state index in [2.05, 4.69) is 0 Å². The van der Waals surface area contributed by atoms with E-state index in [-0.39, 0.29) is 11.6 Å². The Morgan fingerprint density at radius 1 is 1.17 bits per heavy atom. The minimum atomic E-state index is -4.91. The largest absolute Gasteiger partial charge is 0.433 e. The zero-order valence-corrected chi connectivity index (χ0v) is 13.6. The molecule has 0 saturated heterocycles. The molecule has 1 saturated carbocycles. The van der Waals surface area contributed by atoms with E-state index in [1.807, 2.05) is 26.1 Å². The molecule has 0 aromatic heterocycles. The normalized spacial score (nSPS) is 20.0. The molecule has 2 N–H and O–H groups in total. The summed E-state index contributed by atoms with van der Waals surface area (Å²) in [6.45, 7) is 4.51. The van der Waals surface area contributed by atoms with E-state index in [9.17, 15) is 26.3 Å². The van der Waals surface area contributed by atoms with Crippen molar-refractivity contribution in [2.75, 3.05) is 11.9 Å². The maximum atomic E-state index is 12.6. The van der Waals surface area contributed by atoms with Crippen LogP contribution in [-0.2, 0) is 0 Å². The monoisotopic (exact) mass is 354 g/mol. The lowest BCUT2D eigenvalue weighted by Gasteiger charge is -2.17. The van der Waals surface area contributed by atoms with Crippen molar-refractivity contribution in [1.82, 2.24) is 0 Å². The van der Waals surface area contributed by atoms with Gasteiger partial charge in [0, 0.05) is 11.3 Å². The second-order valence-electron chi connectivity index (χ2n) is 5.47. The van der Waals surface area contributed by atoms with Crippen molar-refractivity contribution < 1.29 is 26.3 Å². The van der Waals surface area contributed by atoms with E-state index in [0.717, 1.165) is 12.5 Å². The van der Waals surface area contributed by atoms with Gasteiger partial charge in [0.25, 0.3) is 0 Å². The standard InChI is InChI=1S/C14H14F6N2.C2H6/c1-7-4-10(7)8-2-3-9(12(21)14(18,19)20)11(5-8)22-6-13(15,16)17;1-2/h2-3,5,7,10,21-22H,4,6H2,1H3;1-2H3/t7-,10-;/m0./s1. The maximum absolute atomic E-state index is 12.6. The lowest BCUT2D eigenvalue weighted by atomic mass is 10.0. The predicted octanol–water partition coefficient (Wildman–Crippen LogP) is 5.74. The van der Waals surface area contributed by atoms with Crippen LogP contribution in [0.2, 0.25) is 0 Å². The summed E-state index contributed by atoms with van der Waals surface area (Å²) in [4.78, 5) is 0. The van der Waals surface area contributed by atoms with Crippen molar-refractivity contribution in [2.24, 2.45) is 5.92 Å². The molecule has 1 aromatic rings. The third-order valence-corrected chi connectivity index (χ3v) is 3.61. The van der Waals surface area contributed by atoms with Gasteiger partial charge in [-0.25, -0.2) is 0 Å². The smallest absolute Gasteiger partial charge is 0.376 e. The second-order valence-corrected chi connectivity index (χ2v) is 5.47. The molecule has 1 aromatic carbocycles. The minimum absolute atomic E-state index is 0.153. The topological polar surface area (TPSA) is 35.9 Å². The van der Waals surface area contributed by atoms with Gasteiger partial charge in [-0.2, -0.15) is 26.3 Å². The highest BCUT2D eigenvalue weighted by Gasteiger charge is 2.38. The molecule has 1 aliphatic carbocycles. The summed E-state index contributed by atoms with van der Waals surface area (Å²) in [6.07, 6.45) is -8.61. The SMILES string of the molecule is CC.C[C@H]1C[C@@H]1c1ccc(C(=N)C(F)(F)F)c(NCC(F)(F)F)c1. The molecule has 24 heavy (non-hydrogen) atoms. The lowest BCUT2D eigenvalue weighted by molar-refractivity contribution is -0.115. The van der Waals surface area contributed by atoms with Crippen molar-refractivity contribution >= 4 is 11.4 Å². The Morgan fingerprint density at radius 3 is 2.12 bits per heavy atom. The van der Waals surface area contributed by atoms with E-state index < -0.39 is 30.2 Å². The summed E-state index contributed by atoms with van der Waals surface area (Å²) < 4.78 is 74.9. The molecule has 2 nitrogen and oxygen atoms in total. The Hall–Kier alpha value is -1.73. The number of hydrogen-bond donors (Lipinski definition) is 2. The third-order valence-electron chi connectivity index (χ3n) is 3.61. The fourth-order valence-corrected chi connectivity index (χ4v) is 2.29. The molecule has 0 radical (unpaired) electrons. The van der Waals surface area contributed by atoms with E-state index >= 15 is 0 Å². The Morgan fingerprint density at radius 2 is 1.71 bits per heavy atom. The number of halogens is 6. The van der Waals surface area contributed by atoms with Gasteiger partial charge in [0.05, 0.1) is 0 Å². The van der Waals surface area contributed by atoms with Crippen LogP contribution < -0.4 is 5.32 Å². The third kappa shape index (κ3) is 5.42.